The van der Waals surface area contributed by atoms with Gasteiger partial charge >= 0.3 is 6.09 Å². The minimum absolute atomic E-state index is 0.102. The Balaban J connectivity index is 1.83. The number of halogens is 1. The van der Waals surface area contributed by atoms with Gasteiger partial charge in [-0.2, -0.15) is 0 Å². The largest absolute Gasteiger partial charge is 0.444 e. The first-order chi connectivity index (χ1) is 9.58. The number of hydrogen-bond acceptors (Lipinski definition) is 5. The first-order valence-corrected chi connectivity index (χ1v) is 7.02. The van der Waals surface area contributed by atoms with E-state index < -0.39 is 6.09 Å². The highest BCUT2D eigenvalue weighted by molar-refractivity contribution is 6.28. The molecule has 0 bridgehead atoms. The molecule has 3 atom stereocenters. The standard InChI is InChI=1S/C13H18ClN3O3/c1-3-8(2)17-13(18)20-10-4-11(19-7-10)9-5-15-12(14)16-6-9/h5-6,8,10-11H,3-4,7H2,1-2H3,(H,17,18)/t8-,10+,11-/m0/s1. The molecule has 1 fully saturated rings. The van der Waals surface area contributed by atoms with Gasteiger partial charge in [-0.15, -0.1) is 0 Å². The molecule has 2 rings (SSSR count). The number of ether oxygens (including phenoxy) is 2. The Kier molecular flexibility index (Phi) is 5.14. The lowest BCUT2D eigenvalue weighted by molar-refractivity contribution is 0.0686. The van der Waals surface area contributed by atoms with E-state index in [0.29, 0.717) is 13.0 Å². The van der Waals surface area contributed by atoms with Crippen LogP contribution in [0.1, 0.15) is 38.4 Å². The van der Waals surface area contributed by atoms with E-state index >= 15 is 0 Å². The second-order valence-corrected chi connectivity index (χ2v) is 5.16. The van der Waals surface area contributed by atoms with Crippen LogP contribution in [-0.4, -0.2) is 34.8 Å². The number of nitrogens with zero attached hydrogens (tertiary/aromatic N) is 2. The normalized spacial score (nSPS) is 23.4. The van der Waals surface area contributed by atoms with Crippen LogP contribution in [0.25, 0.3) is 0 Å². The molecule has 1 saturated heterocycles. The molecule has 1 aliphatic heterocycles. The Morgan fingerprint density at radius 3 is 2.95 bits per heavy atom. The maximum absolute atomic E-state index is 11.6. The Bertz CT molecular complexity index is 455. The number of carbonyl (C=O) groups excluding carboxylic acids is 1. The van der Waals surface area contributed by atoms with Gasteiger partial charge in [-0.1, -0.05) is 6.92 Å². The lowest BCUT2D eigenvalue weighted by atomic mass is 10.1. The van der Waals surface area contributed by atoms with Crippen LogP contribution in [-0.2, 0) is 9.47 Å². The zero-order chi connectivity index (χ0) is 14.5. The first-order valence-electron chi connectivity index (χ1n) is 6.64. The van der Waals surface area contributed by atoms with Gasteiger partial charge in [-0.05, 0) is 24.9 Å². The molecule has 1 aromatic heterocycles. The average molecular weight is 300 g/mol. The third-order valence-electron chi connectivity index (χ3n) is 3.22. The van der Waals surface area contributed by atoms with Crippen LogP contribution >= 0.6 is 11.6 Å². The molecule has 6 nitrogen and oxygen atoms in total. The minimum atomic E-state index is -0.402. The minimum Gasteiger partial charge on any atom is -0.444 e. The molecule has 0 aliphatic carbocycles. The number of alkyl carbamates (subject to hydrolysis) is 1. The monoisotopic (exact) mass is 299 g/mol. The highest BCUT2D eigenvalue weighted by Crippen LogP contribution is 2.29. The van der Waals surface area contributed by atoms with E-state index in [1.165, 1.54) is 0 Å². The van der Waals surface area contributed by atoms with Gasteiger partial charge in [0.2, 0.25) is 5.28 Å². The molecule has 0 unspecified atom stereocenters. The molecule has 1 amide bonds. The topological polar surface area (TPSA) is 73.3 Å². The number of rotatable bonds is 4. The van der Waals surface area contributed by atoms with Gasteiger partial charge in [0.25, 0.3) is 0 Å². The van der Waals surface area contributed by atoms with Gasteiger partial charge in [-0.25, -0.2) is 14.8 Å². The van der Waals surface area contributed by atoms with E-state index in [2.05, 4.69) is 15.3 Å². The third kappa shape index (κ3) is 4.05. The molecule has 1 aliphatic rings. The molecule has 110 valence electrons. The van der Waals surface area contributed by atoms with Crippen molar-refractivity contribution in [3.05, 3.63) is 23.2 Å². The van der Waals surface area contributed by atoms with Gasteiger partial charge < -0.3 is 14.8 Å². The molecule has 0 aromatic carbocycles. The molecule has 1 aromatic rings. The Morgan fingerprint density at radius 1 is 1.60 bits per heavy atom. The van der Waals surface area contributed by atoms with E-state index in [-0.39, 0.29) is 23.5 Å². The summed E-state index contributed by atoms with van der Waals surface area (Å²) in [5.41, 5.74) is 0.836. The highest BCUT2D eigenvalue weighted by Gasteiger charge is 2.30. The van der Waals surface area contributed by atoms with Crippen LogP contribution < -0.4 is 5.32 Å². The van der Waals surface area contributed by atoms with Crippen molar-refractivity contribution in [1.82, 2.24) is 15.3 Å². The fourth-order valence-corrected chi connectivity index (χ4v) is 1.99. The van der Waals surface area contributed by atoms with Gasteiger partial charge in [0.15, 0.2) is 0 Å². The summed E-state index contributed by atoms with van der Waals surface area (Å²) in [5, 5.41) is 2.96. The molecular weight excluding hydrogens is 282 g/mol. The summed E-state index contributed by atoms with van der Waals surface area (Å²) in [7, 11) is 0. The molecule has 0 saturated carbocycles. The first kappa shape index (κ1) is 15.0. The fourth-order valence-electron chi connectivity index (χ4n) is 1.89. The van der Waals surface area contributed by atoms with E-state index in [1.54, 1.807) is 12.4 Å². The molecular formula is C13H18ClN3O3. The number of nitrogens with one attached hydrogen (secondary N) is 1. The Morgan fingerprint density at radius 2 is 2.30 bits per heavy atom. The summed E-state index contributed by atoms with van der Waals surface area (Å²) in [6.07, 6.45) is 3.90. The van der Waals surface area contributed by atoms with Gasteiger partial charge in [0, 0.05) is 30.4 Å². The van der Waals surface area contributed by atoms with Crippen molar-refractivity contribution in [2.75, 3.05) is 6.61 Å². The van der Waals surface area contributed by atoms with E-state index in [1.807, 2.05) is 13.8 Å². The predicted octanol–water partition coefficient (Wildman–Crippen LogP) is 2.48. The van der Waals surface area contributed by atoms with Crippen LogP contribution in [0, 0.1) is 0 Å². The second kappa shape index (κ2) is 6.85. The van der Waals surface area contributed by atoms with Crippen molar-refractivity contribution < 1.29 is 14.3 Å². The summed E-state index contributed by atoms with van der Waals surface area (Å²) < 4.78 is 10.9. The van der Waals surface area contributed by atoms with E-state index in [9.17, 15) is 4.79 Å². The maximum atomic E-state index is 11.6. The maximum Gasteiger partial charge on any atom is 0.407 e. The van der Waals surface area contributed by atoms with Crippen LogP contribution in [0.5, 0.6) is 0 Å². The predicted molar refractivity (Wildman–Crippen MR) is 73.5 cm³/mol. The summed E-state index contributed by atoms with van der Waals surface area (Å²) in [6.45, 7) is 4.31. The SMILES string of the molecule is CC[C@H](C)NC(=O)O[C@H]1CO[C@H](c2cnc(Cl)nc2)C1. The van der Waals surface area contributed by atoms with Crippen LogP contribution in [0.3, 0.4) is 0 Å². The summed E-state index contributed by atoms with van der Waals surface area (Å²) >= 11 is 5.64. The van der Waals surface area contributed by atoms with Crippen LogP contribution in [0.15, 0.2) is 12.4 Å². The van der Waals surface area contributed by atoms with Gasteiger partial charge in [0.05, 0.1) is 12.7 Å². The number of hydrogen-bond donors (Lipinski definition) is 1. The quantitative estimate of drug-likeness (QED) is 0.865. The highest BCUT2D eigenvalue weighted by atomic mass is 35.5. The fraction of sp³-hybridized carbons (Fsp3) is 0.615. The van der Waals surface area contributed by atoms with Gasteiger partial charge in [0.1, 0.15) is 6.10 Å². The zero-order valence-electron chi connectivity index (χ0n) is 11.5. The van der Waals surface area contributed by atoms with Crippen molar-refractivity contribution in [3.8, 4) is 0 Å². The van der Waals surface area contributed by atoms with Crippen LogP contribution in [0.2, 0.25) is 5.28 Å². The summed E-state index contributed by atoms with van der Waals surface area (Å²) in [5.74, 6) is 0. The van der Waals surface area contributed by atoms with Crippen molar-refractivity contribution in [2.24, 2.45) is 0 Å². The number of carbonyl (C=O) groups is 1. The second-order valence-electron chi connectivity index (χ2n) is 4.82. The average Bonchev–Trinajstić information content (AvgIpc) is 2.87. The molecule has 7 heteroatoms. The van der Waals surface area contributed by atoms with Crippen LogP contribution in [0.4, 0.5) is 4.79 Å². The smallest absolute Gasteiger partial charge is 0.407 e. The Hall–Kier alpha value is -1.40. The zero-order valence-corrected chi connectivity index (χ0v) is 12.3. The molecule has 2 heterocycles. The molecule has 0 radical (unpaired) electrons. The Labute approximate surface area is 122 Å². The molecule has 1 N–H and O–H groups in total. The summed E-state index contributed by atoms with van der Waals surface area (Å²) in [6, 6.07) is 0.102. The van der Waals surface area contributed by atoms with E-state index in [4.69, 9.17) is 21.1 Å². The summed E-state index contributed by atoms with van der Waals surface area (Å²) in [4.78, 5) is 19.5. The van der Waals surface area contributed by atoms with Crippen molar-refractivity contribution >= 4 is 17.7 Å². The van der Waals surface area contributed by atoms with Crippen molar-refractivity contribution in [2.45, 2.75) is 44.9 Å². The number of amides is 1. The van der Waals surface area contributed by atoms with Gasteiger partial charge in [-0.3, -0.25) is 0 Å². The third-order valence-corrected chi connectivity index (χ3v) is 3.42. The molecule has 20 heavy (non-hydrogen) atoms. The molecule has 0 spiro atoms. The lowest BCUT2D eigenvalue weighted by Gasteiger charge is -2.15. The number of aromatic nitrogens is 2. The van der Waals surface area contributed by atoms with E-state index in [0.717, 1.165) is 12.0 Å². The lowest BCUT2D eigenvalue weighted by Crippen LogP contribution is -2.35. The van der Waals surface area contributed by atoms with Crippen molar-refractivity contribution in [1.29, 1.82) is 0 Å². The van der Waals surface area contributed by atoms with Crippen molar-refractivity contribution in [3.63, 3.8) is 0 Å².